The third-order valence-corrected chi connectivity index (χ3v) is 9.22. The summed E-state index contributed by atoms with van der Waals surface area (Å²) in [5.74, 6) is -0.170. The molecule has 0 bridgehead atoms. The number of aliphatic carboxylic acids is 1. The van der Waals surface area contributed by atoms with E-state index in [0.29, 0.717) is 22.7 Å². The van der Waals surface area contributed by atoms with Gasteiger partial charge in [0.2, 0.25) is 0 Å². The van der Waals surface area contributed by atoms with Crippen LogP contribution in [-0.4, -0.2) is 86.2 Å². The molecular weight excluding hydrogens is 524 g/mol. The highest BCUT2D eigenvalue weighted by Crippen LogP contribution is 2.36. The predicted octanol–water partition coefficient (Wildman–Crippen LogP) is -0.201. The van der Waals surface area contributed by atoms with Crippen molar-refractivity contribution in [1.29, 1.82) is 0 Å². The van der Waals surface area contributed by atoms with Crippen LogP contribution in [0.1, 0.15) is 18.2 Å². The van der Waals surface area contributed by atoms with E-state index in [0.717, 1.165) is 5.56 Å². The second-order valence-corrected chi connectivity index (χ2v) is 12.7. The quantitative estimate of drug-likeness (QED) is 0.190. The number of carboxylic acid groups (broad SMARTS) is 1. The summed E-state index contributed by atoms with van der Waals surface area (Å²) in [6, 6.07) is 5.15. The molecule has 3 heterocycles. The van der Waals surface area contributed by atoms with E-state index in [4.69, 9.17) is 25.5 Å². The lowest BCUT2D eigenvalue weighted by molar-refractivity contribution is -0.138. The average molecular weight is 554 g/mol. The molecule has 0 spiro atoms. The van der Waals surface area contributed by atoms with Crippen LogP contribution in [0.25, 0.3) is 11.2 Å². The van der Waals surface area contributed by atoms with Crippen molar-refractivity contribution in [2.24, 2.45) is 5.73 Å². The molecule has 6 unspecified atom stereocenters. The van der Waals surface area contributed by atoms with Crippen LogP contribution >= 0.6 is 0 Å². The Morgan fingerprint density at radius 3 is 2.65 bits per heavy atom. The fraction of sp³-hybridized carbons (Fsp3) is 0.455. The van der Waals surface area contributed by atoms with Crippen molar-refractivity contribution < 1.29 is 32.3 Å². The van der Waals surface area contributed by atoms with Crippen molar-refractivity contribution in [3.05, 3.63) is 42.5 Å². The lowest BCUT2D eigenvalue weighted by atomic mass is 10.1. The molecule has 1 aliphatic rings. The van der Waals surface area contributed by atoms with E-state index in [2.05, 4.69) is 15.0 Å². The third kappa shape index (κ3) is 5.86. The van der Waals surface area contributed by atoms with Crippen LogP contribution in [0.15, 0.2) is 41.8 Å². The Hall–Kier alpha value is -2.82. The standard InChI is InChI=1S/C22H28N6O7S2/c1-12-3-5-13(6-4-12)37(32,33)35-18-15(9-36(2)8-7-14(23)22(30)31)34-21(17(18)29)28-11-27-16-19(24)25-10-26-20(16)28/h3-6,10-11,14-15,17-18,21,29H,7-9,23H2,1-2H3,(H2-,24,25,26,30,31)/p+1. The Bertz CT molecular complexity index is 1370. The molecule has 2 aromatic heterocycles. The number of aliphatic hydroxyl groups excluding tert-OH is 1. The average Bonchev–Trinajstić information content (AvgIpc) is 3.40. The number of benzene rings is 1. The molecule has 15 heteroatoms. The summed E-state index contributed by atoms with van der Waals surface area (Å²) in [6.07, 6.45) is 0.196. The van der Waals surface area contributed by atoms with E-state index in [1.807, 2.05) is 13.2 Å². The van der Waals surface area contributed by atoms with Crippen molar-refractivity contribution in [2.45, 2.75) is 48.8 Å². The van der Waals surface area contributed by atoms with Crippen molar-refractivity contribution in [3.8, 4) is 0 Å². The smallest absolute Gasteiger partial charge is 0.320 e. The lowest BCUT2D eigenvalue weighted by Gasteiger charge is -2.20. The number of fused-ring (bicyclic) bond motifs is 1. The molecule has 0 amide bonds. The molecule has 1 saturated heterocycles. The molecule has 4 rings (SSSR count). The molecule has 1 aliphatic heterocycles. The minimum absolute atomic E-state index is 0.0518. The zero-order valence-electron chi connectivity index (χ0n) is 20.2. The molecule has 3 aromatic rings. The Balaban J connectivity index is 1.61. The number of hydrogen-bond acceptors (Lipinski definition) is 11. The van der Waals surface area contributed by atoms with Gasteiger partial charge in [0.15, 0.2) is 17.7 Å². The number of aryl methyl sites for hydroxylation is 1. The second kappa shape index (κ2) is 10.9. The number of nitrogens with two attached hydrogens (primary N) is 2. The number of imidazole rings is 1. The van der Waals surface area contributed by atoms with Gasteiger partial charge < -0.3 is 26.4 Å². The first kappa shape index (κ1) is 27.2. The summed E-state index contributed by atoms with van der Waals surface area (Å²) in [4.78, 5) is 23.3. The molecule has 200 valence electrons. The van der Waals surface area contributed by atoms with Crippen LogP contribution in [0, 0.1) is 6.92 Å². The van der Waals surface area contributed by atoms with E-state index in [1.54, 1.807) is 12.1 Å². The monoisotopic (exact) mass is 553 g/mol. The molecule has 0 radical (unpaired) electrons. The molecule has 1 aromatic carbocycles. The number of nitrogens with zero attached hydrogens (tertiary/aromatic N) is 4. The zero-order valence-corrected chi connectivity index (χ0v) is 21.8. The number of aromatic nitrogens is 4. The summed E-state index contributed by atoms with van der Waals surface area (Å²) in [5.41, 5.74) is 13.0. The number of rotatable bonds is 10. The number of carboxylic acids is 1. The molecule has 6 atom stereocenters. The highest BCUT2D eigenvalue weighted by molar-refractivity contribution is 7.96. The maximum Gasteiger partial charge on any atom is 0.320 e. The van der Waals surface area contributed by atoms with Gasteiger partial charge in [0, 0.05) is 6.42 Å². The number of ether oxygens (including phenoxy) is 1. The van der Waals surface area contributed by atoms with Crippen LogP contribution in [0.3, 0.4) is 0 Å². The van der Waals surface area contributed by atoms with Crippen molar-refractivity contribution in [1.82, 2.24) is 19.5 Å². The maximum absolute atomic E-state index is 13.1. The van der Waals surface area contributed by atoms with Gasteiger partial charge >= 0.3 is 5.97 Å². The zero-order chi connectivity index (χ0) is 26.9. The van der Waals surface area contributed by atoms with E-state index in [1.165, 1.54) is 29.4 Å². The van der Waals surface area contributed by atoms with Crippen LogP contribution < -0.4 is 11.5 Å². The number of nitrogen functional groups attached to an aromatic ring is 1. The van der Waals surface area contributed by atoms with Gasteiger partial charge in [-0.25, -0.2) is 15.0 Å². The van der Waals surface area contributed by atoms with Crippen LogP contribution in [0.4, 0.5) is 5.82 Å². The Kier molecular flexibility index (Phi) is 8.01. The molecule has 0 aliphatic carbocycles. The number of carbonyl (C=O) groups is 1. The van der Waals surface area contributed by atoms with Crippen molar-refractivity contribution in [3.63, 3.8) is 0 Å². The summed E-state index contributed by atoms with van der Waals surface area (Å²) in [7, 11) is -4.67. The SMILES string of the molecule is Cc1ccc(S(=O)(=O)OC2C(C[S+](C)CCC(N)C(=O)O)OC(n3cnc4c(N)ncnc43)C2O)cc1. The van der Waals surface area contributed by atoms with E-state index in [-0.39, 0.29) is 17.1 Å². The van der Waals surface area contributed by atoms with Crippen LogP contribution in [-0.2, 0) is 34.7 Å². The fourth-order valence-electron chi connectivity index (χ4n) is 3.98. The largest absolute Gasteiger partial charge is 0.480 e. The molecule has 13 nitrogen and oxygen atoms in total. The molecule has 37 heavy (non-hydrogen) atoms. The number of hydrogen-bond donors (Lipinski definition) is 4. The van der Waals surface area contributed by atoms with E-state index < -0.39 is 57.6 Å². The van der Waals surface area contributed by atoms with Gasteiger partial charge in [-0.1, -0.05) is 17.7 Å². The summed E-state index contributed by atoms with van der Waals surface area (Å²) in [5, 5.41) is 20.3. The van der Waals surface area contributed by atoms with Crippen LogP contribution in [0.5, 0.6) is 0 Å². The minimum Gasteiger partial charge on any atom is -0.480 e. The number of aliphatic hydroxyl groups is 1. The van der Waals surface area contributed by atoms with Gasteiger partial charge in [-0.3, -0.25) is 13.5 Å². The predicted molar refractivity (Wildman–Crippen MR) is 136 cm³/mol. The van der Waals surface area contributed by atoms with E-state index in [9.17, 15) is 18.3 Å². The fourth-order valence-corrected chi connectivity index (χ4v) is 6.74. The first-order chi connectivity index (χ1) is 17.5. The van der Waals surface area contributed by atoms with Gasteiger partial charge in [-0.05, 0) is 30.0 Å². The molecule has 1 fully saturated rings. The van der Waals surface area contributed by atoms with Gasteiger partial charge in [-0.15, -0.1) is 0 Å². The lowest BCUT2D eigenvalue weighted by Crippen LogP contribution is -2.40. The molecule has 6 N–H and O–H groups in total. The first-order valence-corrected chi connectivity index (χ1v) is 14.7. The van der Waals surface area contributed by atoms with Gasteiger partial charge in [-0.2, -0.15) is 8.42 Å². The van der Waals surface area contributed by atoms with Gasteiger partial charge in [0.05, 0.1) is 17.5 Å². The molecule has 0 saturated carbocycles. The van der Waals surface area contributed by atoms with Gasteiger partial charge in [0.1, 0.15) is 47.7 Å². The topological polar surface area (TPSA) is 206 Å². The van der Waals surface area contributed by atoms with Gasteiger partial charge in [0.25, 0.3) is 10.1 Å². The second-order valence-electron chi connectivity index (χ2n) is 8.85. The minimum atomic E-state index is -4.25. The highest BCUT2D eigenvalue weighted by atomic mass is 32.2. The Morgan fingerprint density at radius 1 is 1.27 bits per heavy atom. The maximum atomic E-state index is 13.1. The normalized spacial score (nSPS) is 23.8. The third-order valence-electron chi connectivity index (χ3n) is 6.06. The summed E-state index contributed by atoms with van der Waals surface area (Å²) in [6.45, 7) is 1.83. The highest BCUT2D eigenvalue weighted by Gasteiger charge is 2.50. The summed E-state index contributed by atoms with van der Waals surface area (Å²) >= 11 is 0. The van der Waals surface area contributed by atoms with E-state index >= 15 is 0 Å². The number of anilines is 1. The van der Waals surface area contributed by atoms with Crippen molar-refractivity contribution in [2.75, 3.05) is 23.5 Å². The Morgan fingerprint density at radius 2 is 1.97 bits per heavy atom. The summed E-state index contributed by atoms with van der Waals surface area (Å²) < 4.78 is 39.4. The molecular formula is C22H29N6O7S2+. The first-order valence-electron chi connectivity index (χ1n) is 11.3. The Labute approximate surface area is 216 Å². The van der Waals surface area contributed by atoms with Crippen LogP contribution in [0.2, 0.25) is 0 Å². The van der Waals surface area contributed by atoms with Crippen molar-refractivity contribution >= 4 is 44.0 Å².